The number of unbranched alkanes of at least 4 members (excludes halogenated alkanes) is 10. The highest BCUT2D eigenvalue weighted by Gasteiger charge is 2.19. The van der Waals surface area contributed by atoms with E-state index in [1.807, 2.05) is 0 Å². The summed E-state index contributed by atoms with van der Waals surface area (Å²) in [5.74, 6) is 1.37. The average molecular weight is 418 g/mol. The molecule has 0 fully saturated rings. The van der Waals surface area contributed by atoms with Gasteiger partial charge in [0, 0.05) is 0 Å². The van der Waals surface area contributed by atoms with Crippen molar-refractivity contribution in [1.82, 2.24) is 4.57 Å². The van der Waals surface area contributed by atoms with E-state index in [-0.39, 0.29) is 0 Å². The van der Waals surface area contributed by atoms with Crippen LogP contribution in [-0.4, -0.2) is 4.57 Å². The lowest BCUT2D eigenvalue weighted by Crippen LogP contribution is -2.37. The zero-order valence-electron chi connectivity index (χ0n) is 19.5. The van der Waals surface area contributed by atoms with Crippen LogP contribution in [0.2, 0.25) is 0 Å². The first-order chi connectivity index (χ1) is 15.4. The van der Waals surface area contributed by atoms with Crippen LogP contribution in [0.15, 0.2) is 73.1 Å². The van der Waals surface area contributed by atoms with E-state index in [4.69, 9.17) is 0 Å². The maximum absolute atomic E-state index is 2.47. The molecule has 1 aromatic heterocycles. The van der Waals surface area contributed by atoms with Crippen molar-refractivity contribution >= 4 is 0 Å². The fourth-order valence-corrected chi connectivity index (χ4v) is 4.40. The summed E-state index contributed by atoms with van der Waals surface area (Å²) in [5.41, 5.74) is 2.61. The van der Waals surface area contributed by atoms with Crippen molar-refractivity contribution in [2.75, 3.05) is 0 Å². The normalized spacial score (nSPS) is 11.1. The van der Waals surface area contributed by atoms with Crippen molar-refractivity contribution in [1.29, 1.82) is 0 Å². The first-order valence-electron chi connectivity index (χ1n) is 12.6. The molecule has 31 heavy (non-hydrogen) atoms. The van der Waals surface area contributed by atoms with E-state index in [1.54, 1.807) is 0 Å². The lowest BCUT2D eigenvalue weighted by molar-refractivity contribution is -0.703. The Kier molecular flexibility index (Phi) is 10.4. The van der Waals surface area contributed by atoms with E-state index in [0.717, 1.165) is 13.0 Å². The molecule has 0 aliphatic carbocycles. The molecule has 0 N–H and O–H groups in total. The van der Waals surface area contributed by atoms with Crippen LogP contribution in [-0.2, 0) is 13.0 Å². The summed E-state index contributed by atoms with van der Waals surface area (Å²) in [6, 6.07) is 21.6. The second-order valence-corrected chi connectivity index (χ2v) is 8.81. The standard InChI is InChI=1S/C29H41N2/c1-2-3-4-5-6-7-8-9-10-11-18-23-30-24-25-31(28-21-16-13-17-22-28)29(30)26-27-19-14-12-15-20-27/h12-17,19-22,24-25H,2-11,18,23,26H2,1H3/q+1. The minimum Gasteiger partial charge on any atom is -0.234 e. The van der Waals surface area contributed by atoms with Crippen molar-refractivity contribution < 1.29 is 4.57 Å². The molecule has 0 radical (unpaired) electrons. The molecule has 0 saturated carbocycles. The van der Waals surface area contributed by atoms with Crippen LogP contribution in [0.3, 0.4) is 0 Å². The van der Waals surface area contributed by atoms with Gasteiger partial charge in [-0.1, -0.05) is 113 Å². The Hall–Kier alpha value is -2.35. The van der Waals surface area contributed by atoms with Crippen LogP contribution < -0.4 is 4.57 Å². The van der Waals surface area contributed by atoms with Crippen molar-refractivity contribution in [3.63, 3.8) is 0 Å². The number of benzene rings is 2. The molecule has 2 heteroatoms. The van der Waals surface area contributed by atoms with Crippen molar-refractivity contribution in [3.05, 3.63) is 84.4 Å². The summed E-state index contributed by atoms with van der Waals surface area (Å²) in [4.78, 5) is 0. The van der Waals surface area contributed by atoms with Gasteiger partial charge in [-0.05, 0) is 30.5 Å². The van der Waals surface area contributed by atoms with Crippen LogP contribution in [0.5, 0.6) is 0 Å². The average Bonchev–Trinajstić information content (AvgIpc) is 3.21. The Balaban J connectivity index is 1.48. The van der Waals surface area contributed by atoms with Crippen LogP contribution in [0.4, 0.5) is 0 Å². The summed E-state index contributed by atoms with van der Waals surface area (Å²) in [6.45, 7) is 3.40. The largest absolute Gasteiger partial charge is 0.266 e. The summed E-state index contributed by atoms with van der Waals surface area (Å²) < 4.78 is 4.82. The van der Waals surface area contributed by atoms with E-state index >= 15 is 0 Å². The molecular formula is C29H41N2+. The maximum Gasteiger partial charge on any atom is 0.266 e. The fourth-order valence-electron chi connectivity index (χ4n) is 4.40. The molecule has 0 unspecified atom stereocenters. The van der Waals surface area contributed by atoms with E-state index < -0.39 is 0 Å². The molecule has 0 amide bonds. The van der Waals surface area contributed by atoms with Crippen LogP contribution >= 0.6 is 0 Å². The van der Waals surface area contributed by atoms with Crippen molar-refractivity contribution in [3.8, 4) is 5.69 Å². The summed E-state index contributed by atoms with van der Waals surface area (Å²) in [7, 11) is 0. The van der Waals surface area contributed by atoms with E-state index in [2.05, 4.69) is 89.1 Å². The predicted octanol–water partition coefficient (Wildman–Crippen LogP) is 7.67. The zero-order valence-corrected chi connectivity index (χ0v) is 19.5. The first kappa shape index (κ1) is 23.3. The van der Waals surface area contributed by atoms with Gasteiger partial charge in [-0.25, -0.2) is 4.57 Å². The highest BCUT2D eigenvalue weighted by Crippen LogP contribution is 2.15. The minimum absolute atomic E-state index is 0.959. The van der Waals surface area contributed by atoms with Crippen LogP contribution in [0.1, 0.15) is 88.9 Å². The highest BCUT2D eigenvalue weighted by molar-refractivity contribution is 5.33. The molecule has 2 nitrogen and oxygen atoms in total. The van der Waals surface area contributed by atoms with Gasteiger partial charge in [0.05, 0.1) is 13.0 Å². The molecule has 0 bridgehead atoms. The second kappa shape index (κ2) is 13.9. The third-order valence-corrected chi connectivity index (χ3v) is 6.25. The molecule has 0 atom stereocenters. The molecule has 3 aromatic rings. The van der Waals surface area contributed by atoms with Crippen molar-refractivity contribution in [2.45, 2.75) is 90.5 Å². The Bertz CT molecular complexity index is 836. The summed E-state index contributed by atoms with van der Waals surface area (Å²) >= 11 is 0. The third kappa shape index (κ3) is 8.01. The molecule has 2 aromatic carbocycles. The third-order valence-electron chi connectivity index (χ3n) is 6.25. The zero-order chi connectivity index (χ0) is 21.6. The number of imidazole rings is 1. The number of aryl methyl sites for hydroxylation is 1. The summed E-state index contributed by atoms with van der Waals surface area (Å²) in [5, 5.41) is 0. The Morgan fingerprint density at radius 2 is 1.19 bits per heavy atom. The Morgan fingerprint density at radius 3 is 1.81 bits per heavy atom. The maximum atomic E-state index is 2.47. The fraction of sp³-hybridized carbons (Fsp3) is 0.483. The van der Waals surface area contributed by atoms with E-state index in [0.29, 0.717) is 0 Å². The van der Waals surface area contributed by atoms with E-state index in [1.165, 1.54) is 87.7 Å². The minimum atomic E-state index is 0.959. The number of nitrogens with zero attached hydrogens (tertiary/aromatic N) is 2. The number of para-hydroxylation sites is 1. The summed E-state index contributed by atoms with van der Waals surface area (Å²) in [6.07, 6.45) is 20.8. The van der Waals surface area contributed by atoms with Gasteiger partial charge in [0.25, 0.3) is 5.82 Å². The second-order valence-electron chi connectivity index (χ2n) is 8.81. The molecule has 166 valence electrons. The SMILES string of the molecule is CCCCCCCCCCCCC[n+]1ccn(-c2ccccc2)c1Cc1ccccc1. The molecule has 0 aliphatic heterocycles. The quantitative estimate of drug-likeness (QED) is 0.177. The number of hydrogen-bond donors (Lipinski definition) is 0. The predicted molar refractivity (Wildman–Crippen MR) is 132 cm³/mol. The lowest BCUT2D eigenvalue weighted by Gasteiger charge is -2.06. The van der Waals surface area contributed by atoms with Crippen LogP contribution in [0, 0.1) is 0 Å². The topological polar surface area (TPSA) is 8.81 Å². The molecule has 0 saturated heterocycles. The van der Waals surface area contributed by atoms with Gasteiger partial charge in [-0.3, -0.25) is 0 Å². The highest BCUT2D eigenvalue weighted by atomic mass is 15.1. The molecule has 0 spiro atoms. The number of rotatable bonds is 15. The van der Waals surface area contributed by atoms with Crippen LogP contribution in [0.25, 0.3) is 5.69 Å². The smallest absolute Gasteiger partial charge is 0.234 e. The molecule has 3 rings (SSSR count). The van der Waals surface area contributed by atoms with Gasteiger partial charge in [0.1, 0.15) is 18.1 Å². The number of hydrogen-bond acceptors (Lipinski definition) is 0. The lowest BCUT2D eigenvalue weighted by atomic mass is 10.1. The Labute approximate surface area is 190 Å². The van der Waals surface area contributed by atoms with Gasteiger partial charge in [0.15, 0.2) is 0 Å². The van der Waals surface area contributed by atoms with Gasteiger partial charge in [0.2, 0.25) is 0 Å². The molecule has 1 heterocycles. The van der Waals surface area contributed by atoms with Crippen molar-refractivity contribution in [2.24, 2.45) is 0 Å². The van der Waals surface area contributed by atoms with Gasteiger partial charge in [-0.15, -0.1) is 0 Å². The monoisotopic (exact) mass is 417 g/mol. The number of aromatic nitrogens is 2. The van der Waals surface area contributed by atoms with Gasteiger partial charge >= 0.3 is 0 Å². The van der Waals surface area contributed by atoms with Gasteiger partial charge < -0.3 is 0 Å². The Morgan fingerprint density at radius 1 is 0.645 bits per heavy atom. The van der Waals surface area contributed by atoms with E-state index in [9.17, 15) is 0 Å². The molecule has 0 aliphatic rings. The molecular weight excluding hydrogens is 376 g/mol. The first-order valence-corrected chi connectivity index (χ1v) is 12.6. The van der Waals surface area contributed by atoms with Gasteiger partial charge in [-0.2, -0.15) is 4.57 Å².